The van der Waals surface area contributed by atoms with E-state index in [0.717, 1.165) is 17.7 Å². The van der Waals surface area contributed by atoms with Crippen LogP contribution in [0, 0.1) is 5.92 Å². The van der Waals surface area contributed by atoms with Gasteiger partial charge in [0.1, 0.15) is 0 Å². The number of carbonyl (C=O) groups excluding carboxylic acids is 1. The number of rotatable bonds is 5. The average Bonchev–Trinajstić information content (AvgIpc) is 2.28. The molecular weight excluding hydrogens is 222 g/mol. The molecule has 1 atom stereocenters. The Bertz CT molecular complexity index is 352. The Kier molecular flexibility index (Phi) is 5.33. The van der Waals surface area contributed by atoms with Gasteiger partial charge in [-0.15, -0.1) is 11.6 Å². The van der Waals surface area contributed by atoms with Gasteiger partial charge in [-0.05, 0) is 23.6 Å². The summed E-state index contributed by atoms with van der Waals surface area (Å²) < 4.78 is 0. The Labute approximate surface area is 102 Å². The largest absolute Gasteiger partial charge is 0.326 e. The number of anilines is 1. The number of carbonyl (C=O) groups is 1. The number of nitrogens with one attached hydrogen (secondary N) is 1. The van der Waals surface area contributed by atoms with Crippen LogP contribution in [0.4, 0.5) is 5.69 Å². The van der Waals surface area contributed by atoms with Crippen molar-refractivity contribution in [3.05, 3.63) is 29.8 Å². The average molecular weight is 240 g/mol. The summed E-state index contributed by atoms with van der Waals surface area (Å²) >= 11 is 5.73. The second kappa shape index (κ2) is 6.54. The molecule has 88 valence electrons. The van der Waals surface area contributed by atoms with Gasteiger partial charge in [0.25, 0.3) is 0 Å². The molecule has 1 aromatic carbocycles. The minimum Gasteiger partial charge on any atom is -0.326 e. The van der Waals surface area contributed by atoms with Crippen molar-refractivity contribution in [1.82, 2.24) is 0 Å². The van der Waals surface area contributed by atoms with E-state index >= 15 is 0 Å². The molecule has 3 heteroatoms. The lowest BCUT2D eigenvalue weighted by Crippen LogP contribution is -2.14. The van der Waals surface area contributed by atoms with E-state index in [1.165, 1.54) is 0 Å². The highest BCUT2D eigenvalue weighted by Gasteiger charge is 2.07. The first-order chi connectivity index (χ1) is 7.65. The number of hydrogen-bond donors (Lipinski definition) is 1. The maximum absolute atomic E-state index is 11.6. The number of amides is 1. The second-order valence-electron chi connectivity index (χ2n) is 4.10. The smallest absolute Gasteiger partial charge is 0.224 e. The van der Waals surface area contributed by atoms with Crippen LogP contribution in [0.1, 0.15) is 32.3 Å². The highest BCUT2D eigenvalue weighted by atomic mass is 35.5. The molecule has 0 spiro atoms. The van der Waals surface area contributed by atoms with Gasteiger partial charge >= 0.3 is 0 Å². The fourth-order valence-electron chi connectivity index (χ4n) is 1.41. The van der Waals surface area contributed by atoms with E-state index in [2.05, 4.69) is 19.2 Å². The minimum atomic E-state index is 0.0704. The van der Waals surface area contributed by atoms with E-state index in [1.54, 1.807) is 0 Å². The van der Waals surface area contributed by atoms with Gasteiger partial charge in [0, 0.05) is 18.0 Å². The van der Waals surface area contributed by atoms with Gasteiger partial charge in [-0.25, -0.2) is 0 Å². The lowest BCUT2D eigenvalue weighted by atomic mass is 10.0. The van der Waals surface area contributed by atoms with Crippen molar-refractivity contribution < 1.29 is 4.79 Å². The van der Waals surface area contributed by atoms with Crippen LogP contribution in [0.3, 0.4) is 0 Å². The standard InChI is InChI=1S/C13H18ClNO/c1-3-10(2)7-13(16)15-12-6-4-5-11(8-12)9-14/h4-6,8,10H,3,7,9H2,1-2H3,(H,15,16). The lowest BCUT2D eigenvalue weighted by Gasteiger charge is -2.09. The van der Waals surface area contributed by atoms with Crippen molar-refractivity contribution in [2.24, 2.45) is 5.92 Å². The van der Waals surface area contributed by atoms with E-state index in [4.69, 9.17) is 11.6 Å². The highest BCUT2D eigenvalue weighted by molar-refractivity contribution is 6.17. The summed E-state index contributed by atoms with van der Waals surface area (Å²) in [6, 6.07) is 7.62. The molecule has 0 saturated carbocycles. The molecule has 0 bridgehead atoms. The molecule has 1 N–H and O–H groups in total. The third kappa shape index (κ3) is 4.23. The van der Waals surface area contributed by atoms with E-state index in [0.29, 0.717) is 18.2 Å². The van der Waals surface area contributed by atoms with Crippen molar-refractivity contribution >= 4 is 23.2 Å². The van der Waals surface area contributed by atoms with Crippen LogP contribution in [-0.4, -0.2) is 5.91 Å². The fourth-order valence-corrected chi connectivity index (χ4v) is 1.57. The van der Waals surface area contributed by atoms with Gasteiger partial charge in [-0.2, -0.15) is 0 Å². The first-order valence-electron chi connectivity index (χ1n) is 5.60. The van der Waals surface area contributed by atoms with E-state index in [9.17, 15) is 4.79 Å². The fraction of sp³-hybridized carbons (Fsp3) is 0.462. The zero-order valence-corrected chi connectivity index (χ0v) is 10.6. The third-order valence-corrected chi connectivity index (χ3v) is 2.90. The number of halogens is 1. The van der Waals surface area contributed by atoms with Gasteiger partial charge in [0.2, 0.25) is 5.91 Å². The Balaban J connectivity index is 2.55. The van der Waals surface area contributed by atoms with Crippen molar-refractivity contribution in [2.75, 3.05) is 5.32 Å². The van der Waals surface area contributed by atoms with Gasteiger partial charge in [-0.1, -0.05) is 32.4 Å². The summed E-state index contributed by atoms with van der Waals surface area (Å²) in [4.78, 5) is 11.6. The quantitative estimate of drug-likeness (QED) is 0.778. The van der Waals surface area contributed by atoms with Crippen LogP contribution in [0.15, 0.2) is 24.3 Å². The van der Waals surface area contributed by atoms with E-state index < -0.39 is 0 Å². The summed E-state index contributed by atoms with van der Waals surface area (Å²) in [7, 11) is 0. The number of benzene rings is 1. The van der Waals surface area contributed by atoms with Crippen LogP contribution in [0.5, 0.6) is 0 Å². The summed E-state index contributed by atoms with van der Waals surface area (Å²) in [5.74, 6) is 0.965. The van der Waals surface area contributed by atoms with Crippen LogP contribution >= 0.6 is 11.6 Å². The van der Waals surface area contributed by atoms with Crippen molar-refractivity contribution in [3.63, 3.8) is 0 Å². The first-order valence-corrected chi connectivity index (χ1v) is 6.14. The summed E-state index contributed by atoms with van der Waals surface area (Å²) in [6.07, 6.45) is 1.59. The molecule has 1 aromatic rings. The maximum Gasteiger partial charge on any atom is 0.224 e. The Morgan fingerprint density at radius 3 is 2.88 bits per heavy atom. The molecule has 2 nitrogen and oxygen atoms in total. The minimum absolute atomic E-state index is 0.0704. The van der Waals surface area contributed by atoms with Crippen molar-refractivity contribution in [3.8, 4) is 0 Å². The van der Waals surface area contributed by atoms with Crippen molar-refractivity contribution in [1.29, 1.82) is 0 Å². The molecule has 0 heterocycles. The predicted octanol–water partition coefficient (Wildman–Crippen LogP) is 3.80. The van der Waals surface area contributed by atoms with Gasteiger partial charge < -0.3 is 5.32 Å². The maximum atomic E-state index is 11.6. The van der Waals surface area contributed by atoms with Gasteiger partial charge in [-0.3, -0.25) is 4.79 Å². The Hall–Kier alpha value is -1.02. The van der Waals surface area contributed by atoms with Crippen LogP contribution < -0.4 is 5.32 Å². The third-order valence-electron chi connectivity index (χ3n) is 2.60. The SMILES string of the molecule is CCC(C)CC(=O)Nc1cccc(CCl)c1. The molecule has 0 aromatic heterocycles. The molecule has 0 saturated heterocycles. The van der Waals surface area contributed by atoms with E-state index in [-0.39, 0.29) is 5.91 Å². The Morgan fingerprint density at radius 1 is 1.50 bits per heavy atom. The van der Waals surface area contributed by atoms with Crippen LogP contribution in [-0.2, 0) is 10.7 Å². The predicted molar refractivity (Wildman–Crippen MR) is 68.7 cm³/mol. The molecule has 1 rings (SSSR count). The van der Waals surface area contributed by atoms with Crippen LogP contribution in [0.25, 0.3) is 0 Å². The lowest BCUT2D eigenvalue weighted by molar-refractivity contribution is -0.117. The number of alkyl halides is 1. The van der Waals surface area contributed by atoms with Gasteiger partial charge in [0.05, 0.1) is 0 Å². The molecule has 0 aliphatic heterocycles. The molecule has 1 unspecified atom stereocenters. The summed E-state index contributed by atoms with van der Waals surface area (Å²) in [5, 5.41) is 2.88. The van der Waals surface area contributed by atoms with Gasteiger partial charge in [0.15, 0.2) is 0 Å². The zero-order valence-electron chi connectivity index (χ0n) is 9.79. The van der Waals surface area contributed by atoms with Crippen molar-refractivity contribution in [2.45, 2.75) is 32.6 Å². The molecular formula is C13H18ClNO. The molecule has 0 radical (unpaired) electrons. The highest BCUT2D eigenvalue weighted by Crippen LogP contribution is 2.14. The zero-order chi connectivity index (χ0) is 12.0. The summed E-state index contributed by atoms with van der Waals surface area (Å²) in [5.41, 5.74) is 1.84. The normalized spacial score (nSPS) is 12.2. The Morgan fingerprint density at radius 2 is 2.25 bits per heavy atom. The molecule has 0 aliphatic rings. The molecule has 16 heavy (non-hydrogen) atoms. The molecule has 1 amide bonds. The molecule has 0 fully saturated rings. The monoisotopic (exact) mass is 239 g/mol. The summed E-state index contributed by atoms with van der Waals surface area (Å²) in [6.45, 7) is 4.17. The topological polar surface area (TPSA) is 29.1 Å². The van der Waals surface area contributed by atoms with E-state index in [1.807, 2.05) is 24.3 Å². The van der Waals surface area contributed by atoms with Crippen LogP contribution in [0.2, 0.25) is 0 Å². The molecule has 0 aliphatic carbocycles. The second-order valence-corrected chi connectivity index (χ2v) is 4.37. The first kappa shape index (κ1) is 13.0. The number of hydrogen-bond acceptors (Lipinski definition) is 1.